The molecule has 0 bridgehead atoms. The van der Waals surface area contributed by atoms with E-state index in [-0.39, 0.29) is 12.2 Å². The van der Waals surface area contributed by atoms with Gasteiger partial charge in [-0.25, -0.2) is 9.59 Å². The number of methoxy groups -OCH3 is 2. The molecule has 1 aliphatic heterocycles. The number of hydrazone groups is 1. The zero-order chi connectivity index (χ0) is 33.2. The van der Waals surface area contributed by atoms with Crippen LogP contribution in [0.25, 0.3) is 0 Å². The number of aliphatic hydroxyl groups is 1. The van der Waals surface area contributed by atoms with Gasteiger partial charge in [-0.05, 0) is 89.5 Å². The van der Waals surface area contributed by atoms with Crippen molar-refractivity contribution in [2.45, 2.75) is 32.7 Å². The second kappa shape index (κ2) is 16.4. The average Bonchev–Trinajstić information content (AvgIpc) is 3.03. The molecule has 0 unspecified atom stereocenters. The summed E-state index contributed by atoms with van der Waals surface area (Å²) in [6, 6.07) is 14.8. The van der Waals surface area contributed by atoms with Gasteiger partial charge < -0.3 is 39.4 Å². The van der Waals surface area contributed by atoms with Gasteiger partial charge in [0, 0.05) is 10.7 Å². The SMILES string of the molecule is CCOc1cc([C@H]2NC(=O)NC(C)=C2C(=O)OC)ccc1OC[C@H](O)N/N=C/c1cc(I)c(OCc2ccc(Cl)cc2)c(OC)c1. The van der Waals surface area contributed by atoms with E-state index in [4.69, 9.17) is 35.3 Å². The number of rotatable bonds is 14. The third-order valence-electron chi connectivity index (χ3n) is 6.66. The maximum absolute atomic E-state index is 12.5. The fourth-order valence-corrected chi connectivity index (χ4v) is 5.42. The largest absolute Gasteiger partial charge is 0.493 e. The topological polar surface area (TPSA) is 149 Å². The summed E-state index contributed by atoms with van der Waals surface area (Å²) in [5, 5.41) is 20.6. The lowest BCUT2D eigenvalue weighted by Gasteiger charge is -2.28. The minimum atomic E-state index is -1.16. The van der Waals surface area contributed by atoms with Crippen molar-refractivity contribution >= 4 is 52.4 Å². The lowest BCUT2D eigenvalue weighted by molar-refractivity contribution is -0.136. The number of benzene rings is 3. The molecule has 2 amide bonds. The van der Waals surface area contributed by atoms with Gasteiger partial charge in [-0.3, -0.25) is 5.43 Å². The number of hydrogen-bond donors (Lipinski definition) is 4. The number of nitrogens with one attached hydrogen (secondary N) is 3. The van der Waals surface area contributed by atoms with E-state index in [9.17, 15) is 14.7 Å². The summed E-state index contributed by atoms with van der Waals surface area (Å²) in [5.74, 6) is 1.28. The van der Waals surface area contributed by atoms with Crippen LogP contribution in [0.4, 0.5) is 4.79 Å². The van der Waals surface area contributed by atoms with Gasteiger partial charge in [0.1, 0.15) is 13.2 Å². The standard InChI is InChI=1S/C32H34ClIN4O8/c1-5-44-25-14-21(29-28(31(40)43-4)18(2)36-32(41)37-29)8-11-24(25)45-17-27(39)38-35-15-20-12-23(34)30(26(13-20)42-3)46-16-19-6-9-22(33)10-7-19/h6-15,27,29,38-39H,5,16-17H2,1-4H3,(H2,36,37,41)/b35-15+/t27-,29+/m0/s1. The molecule has 0 fully saturated rings. The van der Waals surface area contributed by atoms with Gasteiger partial charge in [0.2, 0.25) is 0 Å². The first-order valence-corrected chi connectivity index (χ1v) is 15.6. The van der Waals surface area contributed by atoms with Gasteiger partial charge in [-0.15, -0.1) is 0 Å². The quantitative estimate of drug-likeness (QED) is 0.0582. The first kappa shape index (κ1) is 34.7. The molecule has 1 heterocycles. The first-order chi connectivity index (χ1) is 22.1. The summed E-state index contributed by atoms with van der Waals surface area (Å²) < 4.78 is 28.9. The third-order valence-corrected chi connectivity index (χ3v) is 7.71. The number of hydrogen-bond acceptors (Lipinski definition) is 10. The van der Waals surface area contributed by atoms with E-state index in [1.807, 2.05) is 37.3 Å². The Morgan fingerprint density at radius 1 is 1.09 bits per heavy atom. The van der Waals surface area contributed by atoms with Gasteiger partial charge in [-0.2, -0.15) is 5.10 Å². The number of amides is 2. The Morgan fingerprint density at radius 3 is 2.54 bits per heavy atom. The van der Waals surface area contributed by atoms with E-state index < -0.39 is 24.3 Å². The van der Waals surface area contributed by atoms with E-state index >= 15 is 0 Å². The summed E-state index contributed by atoms with van der Waals surface area (Å²) in [6.07, 6.45) is 0.382. The van der Waals surface area contributed by atoms with Crippen LogP contribution in [-0.4, -0.2) is 57.0 Å². The van der Waals surface area contributed by atoms with Crippen molar-refractivity contribution in [1.29, 1.82) is 0 Å². The highest BCUT2D eigenvalue weighted by molar-refractivity contribution is 14.1. The zero-order valence-electron chi connectivity index (χ0n) is 25.6. The highest BCUT2D eigenvalue weighted by Gasteiger charge is 2.32. The summed E-state index contributed by atoms with van der Waals surface area (Å²) in [6.45, 7) is 3.95. The molecule has 0 aromatic heterocycles. The van der Waals surface area contributed by atoms with Crippen molar-refractivity contribution in [2.24, 2.45) is 5.10 Å². The van der Waals surface area contributed by atoms with Crippen LogP contribution in [0.1, 0.15) is 36.6 Å². The summed E-state index contributed by atoms with van der Waals surface area (Å²) in [7, 11) is 2.83. The van der Waals surface area contributed by atoms with Crippen molar-refractivity contribution in [3.05, 3.63) is 91.2 Å². The maximum atomic E-state index is 12.5. The molecule has 14 heteroatoms. The van der Waals surface area contributed by atoms with E-state index in [0.29, 0.717) is 52.5 Å². The second-order valence-corrected chi connectivity index (χ2v) is 11.5. The minimum Gasteiger partial charge on any atom is -0.493 e. The average molecular weight is 765 g/mol. The molecule has 1 aliphatic rings. The number of ether oxygens (including phenoxy) is 5. The van der Waals surface area contributed by atoms with Gasteiger partial charge in [-0.1, -0.05) is 29.8 Å². The molecular formula is C32H34ClIN4O8. The van der Waals surface area contributed by atoms with Gasteiger partial charge >= 0.3 is 12.0 Å². The van der Waals surface area contributed by atoms with Gasteiger partial charge in [0.25, 0.3) is 0 Å². The summed E-state index contributed by atoms with van der Waals surface area (Å²) in [4.78, 5) is 24.6. The number of carbonyl (C=O) groups excluding carboxylic acids is 2. The molecule has 0 spiro atoms. The molecule has 0 saturated carbocycles. The van der Waals surface area contributed by atoms with Crippen LogP contribution in [-0.2, 0) is 16.1 Å². The van der Waals surface area contributed by atoms with Crippen molar-refractivity contribution in [1.82, 2.24) is 16.1 Å². The Bertz CT molecular complexity index is 1620. The lowest BCUT2D eigenvalue weighted by atomic mass is 9.95. The summed E-state index contributed by atoms with van der Waals surface area (Å²) >= 11 is 8.13. The lowest BCUT2D eigenvalue weighted by Crippen LogP contribution is -2.45. The van der Waals surface area contributed by atoms with Crippen LogP contribution in [0.5, 0.6) is 23.0 Å². The van der Waals surface area contributed by atoms with Gasteiger partial charge in [0.05, 0.1) is 42.2 Å². The molecule has 4 N–H and O–H groups in total. The van der Waals surface area contributed by atoms with Crippen LogP contribution in [0.15, 0.2) is 71.0 Å². The normalized spacial score (nSPS) is 15.1. The molecule has 46 heavy (non-hydrogen) atoms. The van der Waals surface area contributed by atoms with Crippen molar-refractivity contribution < 1.29 is 38.4 Å². The van der Waals surface area contributed by atoms with E-state index in [0.717, 1.165) is 14.7 Å². The van der Waals surface area contributed by atoms with Crippen LogP contribution in [0.2, 0.25) is 5.02 Å². The van der Waals surface area contributed by atoms with Crippen LogP contribution >= 0.6 is 34.2 Å². The van der Waals surface area contributed by atoms with Crippen LogP contribution in [0, 0.1) is 3.57 Å². The molecule has 3 aromatic rings. The van der Waals surface area contributed by atoms with Crippen molar-refractivity contribution in [3.63, 3.8) is 0 Å². The molecule has 0 radical (unpaired) electrons. The van der Waals surface area contributed by atoms with Crippen LogP contribution in [0.3, 0.4) is 0 Å². The number of halogens is 2. The zero-order valence-corrected chi connectivity index (χ0v) is 28.5. The fourth-order valence-electron chi connectivity index (χ4n) is 4.51. The van der Waals surface area contributed by atoms with Crippen molar-refractivity contribution in [2.75, 3.05) is 27.4 Å². The number of carbonyl (C=O) groups is 2. The highest BCUT2D eigenvalue weighted by Crippen LogP contribution is 2.36. The Labute approximate surface area is 285 Å². The van der Waals surface area contributed by atoms with E-state index in [1.165, 1.54) is 7.11 Å². The molecule has 3 aromatic carbocycles. The second-order valence-electron chi connectivity index (χ2n) is 9.86. The number of nitrogens with zero attached hydrogens (tertiary/aromatic N) is 1. The highest BCUT2D eigenvalue weighted by atomic mass is 127. The molecule has 0 aliphatic carbocycles. The number of aliphatic hydroxyl groups excluding tert-OH is 1. The first-order valence-electron chi connectivity index (χ1n) is 14.1. The number of allylic oxidation sites excluding steroid dienone is 1. The fraction of sp³-hybridized carbons (Fsp3) is 0.281. The van der Waals surface area contributed by atoms with E-state index in [2.05, 4.69) is 43.8 Å². The smallest absolute Gasteiger partial charge is 0.337 e. The summed E-state index contributed by atoms with van der Waals surface area (Å²) in [5.41, 5.74) is 5.56. The monoisotopic (exact) mass is 764 g/mol. The Balaban J connectivity index is 1.38. The van der Waals surface area contributed by atoms with Crippen LogP contribution < -0.4 is 35.0 Å². The maximum Gasteiger partial charge on any atom is 0.337 e. The molecule has 244 valence electrons. The molecule has 4 rings (SSSR count). The number of urea groups is 1. The van der Waals surface area contributed by atoms with E-state index in [1.54, 1.807) is 44.5 Å². The predicted octanol–water partition coefficient (Wildman–Crippen LogP) is 5.05. The Kier molecular flexibility index (Phi) is 12.3. The molecular weight excluding hydrogens is 731 g/mol. The Hall–Kier alpha value is -4.21. The van der Waals surface area contributed by atoms with Crippen molar-refractivity contribution in [3.8, 4) is 23.0 Å². The molecule has 0 saturated heterocycles. The predicted molar refractivity (Wildman–Crippen MR) is 180 cm³/mol. The third kappa shape index (κ3) is 8.95. The molecule has 12 nitrogen and oxygen atoms in total. The molecule has 2 atom stereocenters. The van der Waals surface area contributed by atoms with Gasteiger partial charge in [0.15, 0.2) is 29.2 Å². The Morgan fingerprint density at radius 2 is 1.85 bits per heavy atom. The minimum absolute atomic E-state index is 0.161. The number of esters is 1.